The van der Waals surface area contributed by atoms with Gasteiger partial charge in [0.1, 0.15) is 0 Å². The number of likely N-dealkylation sites (tertiary alicyclic amines) is 1. The highest BCUT2D eigenvalue weighted by Crippen LogP contribution is 2.12. The Morgan fingerprint density at radius 1 is 1.23 bits per heavy atom. The van der Waals surface area contributed by atoms with Gasteiger partial charge in [0.15, 0.2) is 5.96 Å². The van der Waals surface area contributed by atoms with E-state index in [2.05, 4.69) is 46.3 Å². The van der Waals surface area contributed by atoms with Crippen molar-refractivity contribution in [2.75, 3.05) is 39.3 Å². The third kappa shape index (κ3) is 10.4. The van der Waals surface area contributed by atoms with Crippen LogP contribution < -0.4 is 16.0 Å². The van der Waals surface area contributed by atoms with Crippen LogP contribution in [0.3, 0.4) is 0 Å². The minimum Gasteiger partial charge on any atom is -0.357 e. The lowest BCUT2D eigenvalue weighted by atomic mass is 9.96. The van der Waals surface area contributed by atoms with Crippen LogP contribution in [0.4, 0.5) is 0 Å². The maximum atomic E-state index is 11.9. The standard InChI is InChI=1S/C19H37N5O.HI/c1-7-20-18(22-11-10-21-17(25)19(4,5)6)23-16-8-12-24(13-9-16)14-15(2)3;/h16H,2,7-14H2,1,3-6H3,(H,21,25)(H2,20,22,23);1H. The first-order valence-corrected chi connectivity index (χ1v) is 9.42. The molecule has 6 nitrogen and oxygen atoms in total. The van der Waals surface area contributed by atoms with Gasteiger partial charge in [-0.2, -0.15) is 0 Å². The molecule has 0 aromatic heterocycles. The molecule has 0 aromatic rings. The first-order valence-electron chi connectivity index (χ1n) is 9.42. The Balaban J connectivity index is 0.00000625. The summed E-state index contributed by atoms with van der Waals surface area (Å²) < 4.78 is 0. The molecule has 1 aliphatic heterocycles. The van der Waals surface area contributed by atoms with Crippen molar-refractivity contribution in [2.24, 2.45) is 10.4 Å². The Kier molecular flexibility index (Phi) is 12.1. The van der Waals surface area contributed by atoms with E-state index < -0.39 is 0 Å². The fraction of sp³-hybridized carbons (Fsp3) is 0.789. The lowest BCUT2D eigenvalue weighted by Gasteiger charge is -2.33. The van der Waals surface area contributed by atoms with E-state index >= 15 is 0 Å². The second-order valence-corrected chi connectivity index (χ2v) is 7.92. The molecular formula is C19H38IN5O. The Morgan fingerprint density at radius 2 is 1.85 bits per heavy atom. The van der Waals surface area contributed by atoms with Crippen molar-refractivity contribution in [2.45, 2.75) is 53.5 Å². The minimum atomic E-state index is -0.357. The van der Waals surface area contributed by atoms with Crippen molar-refractivity contribution in [3.8, 4) is 0 Å². The summed E-state index contributed by atoms with van der Waals surface area (Å²) >= 11 is 0. The molecule has 152 valence electrons. The van der Waals surface area contributed by atoms with Crippen LogP contribution in [-0.4, -0.2) is 62.1 Å². The summed E-state index contributed by atoms with van der Waals surface area (Å²) in [6.45, 7) is 19.0. The third-order valence-electron chi connectivity index (χ3n) is 4.11. The molecule has 0 radical (unpaired) electrons. The van der Waals surface area contributed by atoms with Gasteiger partial charge in [-0.15, -0.1) is 24.0 Å². The summed E-state index contributed by atoms with van der Waals surface area (Å²) in [5, 5.41) is 9.75. The van der Waals surface area contributed by atoms with E-state index in [0.717, 1.165) is 45.0 Å². The second-order valence-electron chi connectivity index (χ2n) is 7.92. The van der Waals surface area contributed by atoms with E-state index in [1.165, 1.54) is 5.57 Å². The predicted molar refractivity (Wildman–Crippen MR) is 121 cm³/mol. The van der Waals surface area contributed by atoms with Crippen LogP contribution in [0, 0.1) is 5.41 Å². The van der Waals surface area contributed by atoms with Crippen molar-refractivity contribution in [3.05, 3.63) is 12.2 Å². The molecule has 0 unspecified atom stereocenters. The fourth-order valence-corrected chi connectivity index (χ4v) is 2.73. The largest absolute Gasteiger partial charge is 0.357 e. The number of rotatable bonds is 7. The molecule has 1 amide bonds. The SMILES string of the molecule is C=C(C)CN1CCC(NC(=NCCNC(=O)C(C)(C)C)NCC)CC1.I. The second kappa shape index (κ2) is 12.5. The molecule has 1 heterocycles. The molecular weight excluding hydrogens is 441 g/mol. The van der Waals surface area contributed by atoms with E-state index in [1.54, 1.807) is 0 Å². The third-order valence-corrected chi connectivity index (χ3v) is 4.11. The van der Waals surface area contributed by atoms with E-state index in [1.807, 2.05) is 20.8 Å². The average Bonchev–Trinajstić information content (AvgIpc) is 2.51. The van der Waals surface area contributed by atoms with Crippen molar-refractivity contribution in [3.63, 3.8) is 0 Å². The number of carbonyl (C=O) groups excluding carboxylic acids is 1. The molecule has 0 bridgehead atoms. The molecule has 26 heavy (non-hydrogen) atoms. The van der Waals surface area contributed by atoms with Crippen LogP contribution in [0.15, 0.2) is 17.1 Å². The topological polar surface area (TPSA) is 68.8 Å². The smallest absolute Gasteiger partial charge is 0.225 e. The van der Waals surface area contributed by atoms with Crippen LogP contribution in [0.2, 0.25) is 0 Å². The van der Waals surface area contributed by atoms with Gasteiger partial charge in [0.2, 0.25) is 5.91 Å². The van der Waals surface area contributed by atoms with Gasteiger partial charge in [-0.3, -0.25) is 14.7 Å². The first-order chi connectivity index (χ1) is 11.7. The van der Waals surface area contributed by atoms with Crippen LogP contribution in [0.5, 0.6) is 0 Å². The van der Waals surface area contributed by atoms with Gasteiger partial charge in [-0.05, 0) is 26.7 Å². The molecule has 0 aliphatic carbocycles. The van der Waals surface area contributed by atoms with Crippen molar-refractivity contribution < 1.29 is 4.79 Å². The van der Waals surface area contributed by atoms with Gasteiger partial charge in [-0.25, -0.2) is 0 Å². The van der Waals surface area contributed by atoms with Crippen LogP contribution in [0.25, 0.3) is 0 Å². The average molecular weight is 479 g/mol. The Hall–Kier alpha value is -0.830. The van der Waals surface area contributed by atoms with E-state index in [0.29, 0.717) is 19.1 Å². The number of nitrogens with one attached hydrogen (secondary N) is 3. The molecule has 0 atom stereocenters. The lowest BCUT2D eigenvalue weighted by Crippen LogP contribution is -2.49. The zero-order chi connectivity index (χ0) is 18.9. The number of carbonyl (C=O) groups is 1. The number of nitrogens with zero attached hydrogens (tertiary/aromatic N) is 2. The van der Waals surface area contributed by atoms with Gasteiger partial charge >= 0.3 is 0 Å². The summed E-state index contributed by atoms with van der Waals surface area (Å²) in [5.41, 5.74) is 0.864. The van der Waals surface area contributed by atoms with Gasteiger partial charge in [-0.1, -0.05) is 32.9 Å². The quantitative estimate of drug-likeness (QED) is 0.173. The fourth-order valence-electron chi connectivity index (χ4n) is 2.73. The number of halogens is 1. The predicted octanol–water partition coefficient (Wildman–Crippen LogP) is 2.36. The monoisotopic (exact) mass is 479 g/mol. The zero-order valence-electron chi connectivity index (χ0n) is 17.2. The number of amides is 1. The maximum Gasteiger partial charge on any atom is 0.225 e. The maximum absolute atomic E-state index is 11.9. The molecule has 0 spiro atoms. The number of hydrogen-bond donors (Lipinski definition) is 3. The highest BCUT2D eigenvalue weighted by atomic mass is 127. The Labute approximate surface area is 176 Å². The van der Waals surface area contributed by atoms with Gasteiger partial charge in [0, 0.05) is 44.2 Å². The molecule has 0 saturated carbocycles. The van der Waals surface area contributed by atoms with E-state index in [-0.39, 0.29) is 35.3 Å². The van der Waals surface area contributed by atoms with E-state index in [4.69, 9.17) is 0 Å². The van der Waals surface area contributed by atoms with E-state index in [9.17, 15) is 4.79 Å². The number of guanidine groups is 1. The van der Waals surface area contributed by atoms with Crippen LogP contribution >= 0.6 is 24.0 Å². The summed E-state index contributed by atoms with van der Waals surface area (Å²) in [7, 11) is 0. The molecule has 1 aliphatic rings. The highest BCUT2D eigenvalue weighted by Gasteiger charge is 2.21. The number of piperidine rings is 1. The molecule has 1 saturated heterocycles. The number of aliphatic imine (C=N–C) groups is 1. The molecule has 0 aromatic carbocycles. The van der Waals surface area contributed by atoms with Gasteiger partial charge < -0.3 is 16.0 Å². The van der Waals surface area contributed by atoms with Crippen molar-refractivity contribution >= 4 is 35.8 Å². The van der Waals surface area contributed by atoms with Gasteiger partial charge in [0.05, 0.1) is 6.54 Å². The summed E-state index contributed by atoms with van der Waals surface area (Å²) in [6.07, 6.45) is 2.22. The lowest BCUT2D eigenvalue weighted by molar-refractivity contribution is -0.128. The zero-order valence-corrected chi connectivity index (χ0v) is 19.5. The van der Waals surface area contributed by atoms with Crippen LogP contribution in [-0.2, 0) is 4.79 Å². The molecule has 1 fully saturated rings. The first kappa shape index (κ1) is 25.2. The van der Waals surface area contributed by atoms with Crippen LogP contribution in [0.1, 0.15) is 47.5 Å². The minimum absolute atomic E-state index is 0. The van der Waals surface area contributed by atoms with Crippen molar-refractivity contribution in [1.29, 1.82) is 0 Å². The Bertz CT molecular complexity index is 465. The Morgan fingerprint density at radius 3 is 2.35 bits per heavy atom. The number of hydrogen-bond acceptors (Lipinski definition) is 3. The van der Waals surface area contributed by atoms with Gasteiger partial charge in [0.25, 0.3) is 0 Å². The molecule has 7 heteroatoms. The normalized spacial score (nSPS) is 16.6. The summed E-state index contributed by atoms with van der Waals surface area (Å²) in [6, 6.07) is 0.448. The molecule has 1 rings (SSSR count). The van der Waals surface area contributed by atoms with Crippen molar-refractivity contribution in [1.82, 2.24) is 20.9 Å². The summed E-state index contributed by atoms with van der Waals surface area (Å²) in [5.74, 6) is 0.899. The highest BCUT2D eigenvalue weighted by molar-refractivity contribution is 14.0. The molecule has 3 N–H and O–H groups in total. The summed E-state index contributed by atoms with van der Waals surface area (Å²) in [4.78, 5) is 18.9.